The lowest BCUT2D eigenvalue weighted by atomic mass is 10.1. The van der Waals surface area contributed by atoms with Gasteiger partial charge in [-0.3, -0.25) is 0 Å². The average Bonchev–Trinajstić information content (AvgIpc) is 2.47. The predicted molar refractivity (Wildman–Crippen MR) is 84.8 cm³/mol. The molecule has 118 valence electrons. The van der Waals surface area contributed by atoms with Crippen LogP contribution in [0.25, 0.3) is 0 Å². The number of benzene rings is 1. The van der Waals surface area contributed by atoms with Gasteiger partial charge in [-0.15, -0.1) is 11.6 Å². The minimum atomic E-state index is -3.68. The Balaban J connectivity index is 2.40. The molecule has 1 aromatic carbocycles. The van der Waals surface area contributed by atoms with Crippen molar-refractivity contribution in [2.24, 2.45) is 0 Å². The Morgan fingerprint density at radius 1 is 1.38 bits per heavy atom. The third kappa shape index (κ3) is 3.49. The number of hydrogen-bond donors (Lipinski definition) is 0. The summed E-state index contributed by atoms with van der Waals surface area (Å²) in [7, 11) is -2.10. The van der Waals surface area contributed by atoms with E-state index < -0.39 is 10.0 Å². The zero-order chi connectivity index (χ0) is 15.6. The molecule has 0 radical (unpaired) electrons. The Morgan fingerprint density at radius 3 is 2.71 bits per heavy atom. The van der Waals surface area contributed by atoms with Crippen LogP contribution in [0.4, 0.5) is 0 Å². The fourth-order valence-electron chi connectivity index (χ4n) is 2.35. The molecule has 0 aliphatic carbocycles. The van der Waals surface area contributed by atoms with Gasteiger partial charge in [0.1, 0.15) is 4.90 Å². The van der Waals surface area contributed by atoms with Gasteiger partial charge in [-0.25, -0.2) is 8.42 Å². The fourth-order valence-corrected chi connectivity index (χ4v) is 5.16. The SMILES string of the molecule is COC1CCCN(S(=O)(=O)c2ccc(Cl)c(CCl)c2Cl)C1. The fraction of sp³-hybridized carbons (Fsp3) is 0.538. The summed E-state index contributed by atoms with van der Waals surface area (Å²) in [6, 6.07) is 2.93. The van der Waals surface area contributed by atoms with E-state index in [1.165, 1.54) is 16.4 Å². The number of alkyl halides is 1. The highest BCUT2D eigenvalue weighted by atomic mass is 35.5. The van der Waals surface area contributed by atoms with Crippen molar-refractivity contribution in [1.29, 1.82) is 0 Å². The summed E-state index contributed by atoms with van der Waals surface area (Å²) in [5, 5.41) is 0.458. The summed E-state index contributed by atoms with van der Waals surface area (Å²) in [6.07, 6.45) is 1.52. The Kier molecular flexibility index (Phi) is 5.79. The molecule has 0 aromatic heterocycles. The highest BCUT2D eigenvalue weighted by Crippen LogP contribution is 2.34. The quantitative estimate of drug-likeness (QED) is 0.760. The third-order valence-corrected chi connectivity index (χ3v) is 6.65. The largest absolute Gasteiger partial charge is 0.380 e. The number of piperidine rings is 1. The third-order valence-electron chi connectivity index (χ3n) is 3.58. The molecule has 0 spiro atoms. The number of rotatable bonds is 4. The summed E-state index contributed by atoms with van der Waals surface area (Å²) in [4.78, 5) is 0.0426. The molecule has 4 nitrogen and oxygen atoms in total. The van der Waals surface area contributed by atoms with E-state index >= 15 is 0 Å². The molecular weight excluding hydrogens is 357 g/mol. The first-order valence-corrected chi connectivity index (χ1v) is 9.20. The molecule has 0 N–H and O–H groups in total. The van der Waals surface area contributed by atoms with Gasteiger partial charge < -0.3 is 4.74 Å². The number of sulfonamides is 1. The number of halogens is 3. The van der Waals surface area contributed by atoms with Crippen LogP contribution in [-0.4, -0.2) is 39.0 Å². The summed E-state index contributed by atoms with van der Waals surface area (Å²) < 4.78 is 32.2. The number of ether oxygens (including phenoxy) is 1. The molecule has 1 fully saturated rings. The van der Waals surface area contributed by atoms with Gasteiger partial charge in [-0.2, -0.15) is 4.31 Å². The molecule has 1 atom stereocenters. The molecule has 1 aromatic rings. The van der Waals surface area contributed by atoms with Crippen molar-refractivity contribution < 1.29 is 13.2 Å². The highest BCUT2D eigenvalue weighted by molar-refractivity contribution is 7.89. The molecule has 1 aliphatic rings. The topological polar surface area (TPSA) is 46.6 Å². The molecule has 21 heavy (non-hydrogen) atoms. The second kappa shape index (κ2) is 7.02. The van der Waals surface area contributed by atoms with Gasteiger partial charge in [0.15, 0.2) is 0 Å². The zero-order valence-corrected chi connectivity index (χ0v) is 14.6. The van der Waals surface area contributed by atoms with E-state index in [1.54, 1.807) is 7.11 Å². The minimum Gasteiger partial charge on any atom is -0.380 e. The summed E-state index contributed by atoms with van der Waals surface area (Å²) in [5.74, 6) is 0.0573. The van der Waals surface area contributed by atoms with Crippen molar-refractivity contribution in [2.75, 3.05) is 20.2 Å². The van der Waals surface area contributed by atoms with Crippen LogP contribution in [0.5, 0.6) is 0 Å². The first-order chi connectivity index (χ1) is 9.91. The van der Waals surface area contributed by atoms with E-state index in [2.05, 4.69) is 0 Å². The van der Waals surface area contributed by atoms with E-state index in [0.29, 0.717) is 23.7 Å². The van der Waals surface area contributed by atoms with Crippen LogP contribution in [-0.2, 0) is 20.6 Å². The van der Waals surface area contributed by atoms with Crippen LogP contribution in [0.15, 0.2) is 17.0 Å². The standard InChI is InChI=1S/C13H16Cl3NO3S/c1-20-9-3-2-6-17(8-9)21(18,19)12-5-4-11(15)10(7-14)13(12)16/h4-5,9H,2-3,6-8H2,1H3. The second-order valence-corrected chi connectivity index (χ2v) is 7.79. The molecule has 1 aliphatic heterocycles. The first-order valence-electron chi connectivity index (χ1n) is 6.47. The van der Waals surface area contributed by atoms with Gasteiger partial charge in [0.2, 0.25) is 10.0 Å². The molecule has 0 amide bonds. The van der Waals surface area contributed by atoms with Gasteiger partial charge in [-0.1, -0.05) is 23.2 Å². The van der Waals surface area contributed by atoms with E-state index in [-0.39, 0.29) is 21.9 Å². The number of methoxy groups -OCH3 is 1. The Morgan fingerprint density at radius 2 is 2.10 bits per heavy atom. The van der Waals surface area contributed by atoms with Gasteiger partial charge >= 0.3 is 0 Å². The van der Waals surface area contributed by atoms with Gasteiger partial charge in [-0.05, 0) is 25.0 Å². The molecule has 8 heteroatoms. The van der Waals surface area contributed by atoms with Crippen molar-refractivity contribution in [3.8, 4) is 0 Å². The maximum Gasteiger partial charge on any atom is 0.244 e. The van der Waals surface area contributed by atoms with E-state index in [0.717, 1.165) is 12.8 Å². The highest BCUT2D eigenvalue weighted by Gasteiger charge is 2.32. The molecule has 1 saturated heterocycles. The normalized spacial score (nSPS) is 20.7. The Hall–Kier alpha value is -0.0400. The molecule has 1 heterocycles. The zero-order valence-electron chi connectivity index (χ0n) is 11.5. The maximum atomic E-state index is 12.7. The number of nitrogens with zero attached hydrogens (tertiary/aromatic N) is 1. The van der Waals surface area contributed by atoms with Crippen LogP contribution in [0.3, 0.4) is 0 Å². The van der Waals surface area contributed by atoms with Crippen molar-refractivity contribution in [2.45, 2.75) is 29.7 Å². The average molecular weight is 373 g/mol. The van der Waals surface area contributed by atoms with Crippen molar-refractivity contribution in [3.63, 3.8) is 0 Å². The van der Waals surface area contributed by atoms with E-state index in [1.807, 2.05) is 0 Å². The first kappa shape index (κ1) is 17.3. The van der Waals surface area contributed by atoms with Crippen LogP contribution in [0, 0.1) is 0 Å². The Labute approximate surface area is 140 Å². The van der Waals surface area contributed by atoms with Crippen LogP contribution >= 0.6 is 34.8 Å². The van der Waals surface area contributed by atoms with Gasteiger partial charge in [0, 0.05) is 30.8 Å². The lowest BCUT2D eigenvalue weighted by Gasteiger charge is -2.31. The molecular formula is C13H16Cl3NO3S. The molecule has 0 saturated carbocycles. The second-order valence-electron chi connectivity index (χ2n) is 4.83. The summed E-state index contributed by atoms with van der Waals surface area (Å²) >= 11 is 18.0. The predicted octanol–water partition coefficient (Wildman–Crippen LogP) is 3.53. The van der Waals surface area contributed by atoms with Crippen molar-refractivity contribution in [3.05, 3.63) is 27.7 Å². The monoisotopic (exact) mass is 371 g/mol. The maximum absolute atomic E-state index is 12.7. The lowest BCUT2D eigenvalue weighted by Crippen LogP contribution is -2.42. The van der Waals surface area contributed by atoms with E-state index in [4.69, 9.17) is 39.5 Å². The lowest BCUT2D eigenvalue weighted by molar-refractivity contribution is 0.0572. The molecule has 0 bridgehead atoms. The van der Waals surface area contributed by atoms with Gasteiger partial charge in [0.25, 0.3) is 0 Å². The van der Waals surface area contributed by atoms with E-state index in [9.17, 15) is 8.42 Å². The summed E-state index contributed by atoms with van der Waals surface area (Å²) in [6.45, 7) is 0.783. The Bertz CT molecular complexity index is 621. The minimum absolute atomic E-state index is 0.0426. The molecule has 1 unspecified atom stereocenters. The van der Waals surface area contributed by atoms with Crippen molar-refractivity contribution >= 4 is 44.8 Å². The molecule has 2 rings (SSSR count). The van der Waals surface area contributed by atoms with Crippen LogP contribution in [0.2, 0.25) is 10.0 Å². The van der Waals surface area contributed by atoms with Crippen LogP contribution < -0.4 is 0 Å². The van der Waals surface area contributed by atoms with Crippen molar-refractivity contribution in [1.82, 2.24) is 4.31 Å². The smallest absolute Gasteiger partial charge is 0.244 e. The van der Waals surface area contributed by atoms with Crippen LogP contribution in [0.1, 0.15) is 18.4 Å². The number of hydrogen-bond acceptors (Lipinski definition) is 3. The van der Waals surface area contributed by atoms with Gasteiger partial charge in [0.05, 0.1) is 17.0 Å². The summed E-state index contributed by atoms with van der Waals surface area (Å²) in [5.41, 5.74) is 0.432.